The Kier molecular flexibility index (Phi) is 10.9. The number of aldehydes is 1. The van der Waals surface area contributed by atoms with Crippen LogP contribution in [0.25, 0.3) is 0 Å². The molecule has 1 aliphatic heterocycles. The van der Waals surface area contributed by atoms with Crippen molar-refractivity contribution in [1.29, 1.82) is 0 Å². The topological polar surface area (TPSA) is 105 Å². The van der Waals surface area contributed by atoms with E-state index >= 15 is 0 Å². The number of unbranched alkanes of at least 4 members (excludes halogenated alkanes) is 1. The van der Waals surface area contributed by atoms with Crippen LogP contribution in [0.15, 0.2) is 104 Å². The van der Waals surface area contributed by atoms with Gasteiger partial charge in [-0.05, 0) is 55.0 Å². The van der Waals surface area contributed by atoms with Crippen molar-refractivity contribution in [1.82, 2.24) is 0 Å². The van der Waals surface area contributed by atoms with Gasteiger partial charge in [-0.25, -0.2) is 14.4 Å². The maximum absolute atomic E-state index is 13.3. The predicted octanol–water partition coefficient (Wildman–Crippen LogP) is 5.29. The molecule has 41 heavy (non-hydrogen) atoms. The molecule has 0 N–H and O–H groups in total. The highest BCUT2D eigenvalue weighted by Gasteiger charge is 2.52. The summed E-state index contributed by atoms with van der Waals surface area (Å²) in [7, 11) is 0. The second-order valence-electron chi connectivity index (χ2n) is 9.11. The number of carbonyl (C=O) groups excluding carboxylic acids is 4. The third-order valence-corrected chi connectivity index (χ3v) is 7.49. The average molecular weight is 575 g/mol. The van der Waals surface area contributed by atoms with Crippen molar-refractivity contribution in [3.8, 4) is 0 Å². The largest absolute Gasteiger partial charge is 0.451 e. The van der Waals surface area contributed by atoms with Gasteiger partial charge in [0.05, 0.1) is 16.7 Å². The van der Waals surface area contributed by atoms with Crippen molar-refractivity contribution < 1.29 is 38.1 Å². The molecule has 4 rings (SSSR count). The van der Waals surface area contributed by atoms with E-state index in [0.29, 0.717) is 12.0 Å². The maximum Gasteiger partial charge on any atom is 0.338 e. The quantitative estimate of drug-likeness (QED) is 0.0938. The lowest BCUT2D eigenvalue weighted by molar-refractivity contribution is -0.195. The Labute approximate surface area is 242 Å². The normalized spacial score (nSPS) is 21.7. The Balaban J connectivity index is 1.70. The fourth-order valence-electron chi connectivity index (χ4n) is 4.20. The molecule has 1 aliphatic rings. The SMILES string of the molecule is C=CCCCSC1OC(C=O)C(OC(=O)c2ccccc2)C(OC(=O)c2ccccc2)C1OC(=O)c1ccccc1. The van der Waals surface area contributed by atoms with Gasteiger partial charge < -0.3 is 23.7 Å². The van der Waals surface area contributed by atoms with Gasteiger partial charge in [0.25, 0.3) is 0 Å². The number of carbonyl (C=O) groups is 4. The summed E-state index contributed by atoms with van der Waals surface area (Å²) in [4.78, 5) is 51.9. The lowest BCUT2D eigenvalue weighted by Crippen LogP contribution is -2.61. The van der Waals surface area contributed by atoms with Crippen LogP contribution in [-0.2, 0) is 23.7 Å². The van der Waals surface area contributed by atoms with Crippen LogP contribution in [0.5, 0.6) is 0 Å². The first-order valence-corrected chi connectivity index (χ1v) is 14.2. The van der Waals surface area contributed by atoms with Crippen molar-refractivity contribution in [2.45, 2.75) is 42.7 Å². The molecule has 0 aliphatic carbocycles. The number of esters is 3. The molecule has 5 unspecified atom stereocenters. The molecular weight excluding hydrogens is 544 g/mol. The van der Waals surface area contributed by atoms with Crippen LogP contribution in [0.1, 0.15) is 43.9 Å². The zero-order valence-corrected chi connectivity index (χ0v) is 23.0. The second kappa shape index (κ2) is 15.0. The van der Waals surface area contributed by atoms with Gasteiger partial charge in [-0.2, -0.15) is 0 Å². The number of allylic oxidation sites excluding steroid dienone is 1. The molecule has 0 aromatic heterocycles. The van der Waals surface area contributed by atoms with Gasteiger partial charge in [0, 0.05) is 0 Å². The van der Waals surface area contributed by atoms with Crippen LogP contribution in [0, 0.1) is 0 Å². The third kappa shape index (κ3) is 7.93. The van der Waals surface area contributed by atoms with Crippen molar-refractivity contribution in [2.75, 3.05) is 5.75 Å². The summed E-state index contributed by atoms with van der Waals surface area (Å²) in [6.07, 6.45) is -1.48. The van der Waals surface area contributed by atoms with E-state index in [-0.39, 0.29) is 16.7 Å². The molecule has 3 aromatic carbocycles. The number of thioether (sulfide) groups is 1. The van der Waals surface area contributed by atoms with Crippen LogP contribution in [0.2, 0.25) is 0 Å². The van der Waals surface area contributed by atoms with Crippen LogP contribution in [-0.4, -0.2) is 59.8 Å². The molecule has 1 fully saturated rings. The van der Waals surface area contributed by atoms with Gasteiger partial charge in [0.2, 0.25) is 0 Å². The van der Waals surface area contributed by atoms with E-state index < -0.39 is 47.8 Å². The minimum Gasteiger partial charge on any atom is -0.451 e. The van der Waals surface area contributed by atoms with Crippen LogP contribution in [0.3, 0.4) is 0 Å². The number of rotatable bonds is 12. The Bertz CT molecular complexity index is 1320. The van der Waals surface area contributed by atoms with E-state index in [1.54, 1.807) is 97.1 Å². The standard InChI is InChI=1S/C32H30O8S/c1-2-3-13-20-41-32-28(40-31(36)24-18-11-6-12-19-24)27(39-30(35)23-16-9-5-10-17-23)26(25(21-33)37-32)38-29(34)22-14-7-4-8-15-22/h2,4-12,14-19,21,25-28,32H,1,3,13,20H2. The molecular formula is C32H30O8S. The zero-order valence-electron chi connectivity index (χ0n) is 22.2. The molecule has 5 atom stereocenters. The van der Waals surface area contributed by atoms with Gasteiger partial charge >= 0.3 is 17.9 Å². The summed E-state index contributed by atoms with van der Waals surface area (Å²) in [5, 5.41) is 0. The van der Waals surface area contributed by atoms with Gasteiger partial charge in [-0.15, -0.1) is 18.3 Å². The minimum atomic E-state index is -1.40. The van der Waals surface area contributed by atoms with Gasteiger partial charge in [-0.1, -0.05) is 60.7 Å². The van der Waals surface area contributed by atoms with Gasteiger partial charge in [0.1, 0.15) is 5.44 Å². The molecule has 0 amide bonds. The van der Waals surface area contributed by atoms with E-state index in [9.17, 15) is 19.2 Å². The Morgan fingerprint density at radius 1 is 0.707 bits per heavy atom. The Morgan fingerprint density at radius 3 is 1.59 bits per heavy atom. The highest BCUT2D eigenvalue weighted by atomic mass is 32.2. The first kappa shape index (κ1) is 29.8. The summed E-state index contributed by atoms with van der Waals surface area (Å²) in [6, 6.07) is 24.7. The fourth-order valence-corrected chi connectivity index (χ4v) is 5.37. The van der Waals surface area contributed by atoms with E-state index in [4.69, 9.17) is 18.9 Å². The molecule has 0 saturated carbocycles. The lowest BCUT2D eigenvalue weighted by Gasteiger charge is -2.43. The molecule has 1 saturated heterocycles. The molecule has 212 valence electrons. The van der Waals surface area contributed by atoms with Crippen molar-refractivity contribution >= 4 is 36.0 Å². The molecule has 9 heteroatoms. The van der Waals surface area contributed by atoms with E-state index in [0.717, 1.165) is 12.8 Å². The summed E-state index contributed by atoms with van der Waals surface area (Å²) >= 11 is 1.31. The number of hydrogen-bond acceptors (Lipinski definition) is 9. The molecule has 8 nitrogen and oxygen atoms in total. The molecule has 0 bridgehead atoms. The lowest BCUT2D eigenvalue weighted by atomic mass is 9.99. The van der Waals surface area contributed by atoms with Crippen LogP contribution in [0.4, 0.5) is 0 Å². The number of hydrogen-bond donors (Lipinski definition) is 0. The highest BCUT2D eigenvalue weighted by molar-refractivity contribution is 7.99. The van der Waals surface area contributed by atoms with Crippen molar-refractivity contribution in [3.63, 3.8) is 0 Å². The molecule has 3 aromatic rings. The van der Waals surface area contributed by atoms with E-state index in [1.165, 1.54) is 11.8 Å². The fraction of sp³-hybridized carbons (Fsp3) is 0.250. The van der Waals surface area contributed by atoms with E-state index in [2.05, 4.69) is 6.58 Å². The first-order chi connectivity index (χ1) is 20.0. The van der Waals surface area contributed by atoms with Crippen molar-refractivity contribution in [2.24, 2.45) is 0 Å². The Hall–Kier alpha value is -4.21. The summed E-state index contributed by atoms with van der Waals surface area (Å²) in [5.41, 5.74) is -0.170. The summed E-state index contributed by atoms with van der Waals surface area (Å²) in [5.74, 6) is -1.60. The number of ether oxygens (including phenoxy) is 4. The zero-order chi connectivity index (χ0) is 29.0. The second-order valence-corrected chi connectivity index (χ2v) is 10.3. The maximum atomic E-state index is 13.3. The number of benzene rings is 3. The molecule has 0 spiro atoms. The minimum absolute atomic E-state index is 0.226. The predicted molar refractivity (Wildman–Crippen MR) is 154 cm³/mol. The van der Waals surface area contributed by atoms with Crippen LogP contribution < -0.4 is 0 Å². The smallest absolute Gasteiger partial charge is 0.338 e. The molecule has 0 radical (unpaired) electrons. The van der Waals surface area contributed by atoms with Crippen molar-refractivity contribution in [3.05, 3.63) is 120 Å². The van der Waals surface area contributed by atoms with Gasteiger partial charge in [-0.3, -0.25) is 0 Å². The van der Waals surface area contributed by atoms with Crippen LogP contribution >= 0.6 is 11.8 Å². The summed E-state index contributed by atoms with van der Waals surface area (Å²) < 4.78 is 23.6. The van der Waals surface area contributed by atoms with E-state index in [1.807, 2.05) is 0 Å². The van der Waals surface area contributed by atoms with Gasteiger partial charge in [0.15, 0.2) is 30.7 Å². The summed E-state index contributed by atoms with van der Waals surface area (Å²) in [6.45, 7) is 3.73. The Morgan fingerprint density at radius 2 is 1.15 bits per heavy atom. The third-order valence-electron chi connectivity index (χ3n) is 6.26. The molecule has 1 heterocycles. The highest BCUT2D eigenvalue weighted by Crippen LogP contribution is 2.35. The monoisotopic (exact) mass is 574 g/mol. The first-order valence-electron chi connectivity index (χ1n) is 13.1. The average Bonchev–Trinajstić information content (AvgIpc) is 3.02.